The van der Waals surface area contributed by atoms with E-state index in [9.17, 15) is 0 Å². The Morgan fingerprint density at radius 2 is 2.30 bits per heavy atom. The standard InChI is InChI=1S/C8H12O2/c1-9-7-5-3-4-6-8(7)10-2/h3-5,8H,6H2,1-2H3. The van der Waals surface area contributed by atoms with Gasteiger partial charge in [0.15, 0.2) is 0 Å². The fraction of sp³-hybridized carbons (Fsp3) is 0.500. The average molecular weight is 140 g/mol. The molecule has 0 heterocycles. The fourth-order valence-electron chi connectivity index (χ4n) is 1.00. The summed E-state index contributed by atoms with van der Waals surface area (Å²) in [5.41, 5.74) is 0. The third-order valence-corrected chi connectivity index (χ3v) is 1.58. The molecular weight excluding hydrogens is 128 g/mol. The van der Waals surface area contributed by atoms with Crippen molar-refractivity contribution in [1.29, 1.82) is 0 Å². The fourth-order valence-corrected chi connectivity index (χ4v) is 1.00. The van der Waals surface area contributed by atoms with Crippen molar-refractivity contribution in [3.63, 3.8) is 0 Å². The molecule has 1 aliphatic rings. The first-order valence-electron chi connectivity index (χ1n) is 3.32. The molecule has 0 aromatic carbocycles. The molecule has 1 unspecified atom stereocenters. The Morgan fingerprint density at radius 3 is 2.80 bits per heavy atom. The molecule has 0 N–H and O–H groups in total. The van der Waals surface area contributed by atoms with Crippen LogP contribution >= 0.6 is 0 Å². The molecule has 1 rings (SSSR count). The van der Waals surface area contributed by atoms with Gasteiger partial charge >= 0.3 is 0 Å². The molecule has 2 nitrogen and oxygen atoms in total. The quantitative estimate of drug-likeness (QED) is 0.578. The Bertz CT molecular complexity index is 159. The third-order valence-electron chi connectivity index (χ3n) is 1.58. The lowest BCUT2D eigenvalue weighted by atomic mass is 10.1. The normalized spacial score (nSPS) is 24.2. The molecule has 10 heavy (non-hydrogen) atoms. The highest BCUT2D eigenvalue weighted by molar-refractivity contribution is 5.17. The predicted molar refractivity (Wildman–Crippen MR) is 39.6 cm³/mol. The molecule has 1 atom stereocenters. The van der Waals surface area contributed by atoms with Crippen molar-refractivity contribution in [3.05, 3.63) is 24.0 Å². The minimum Gasteiger partial charge on any atom is -0.498 e. The van der Waals surface area contributed by atoms with Gasteiger partial charge in [-0.3, -0.25) is 0 Å². The van der Waals surface area contributed by atoms with Gasteiger partial charge in [-0.2, -0.15) is 0 Å². The van der Waals surface area contributed by atoms with Gasteiger partial charge in [-0.25, -0.2) is 0 Å². The first-order chi connectivity index (χ1) is 4.88. The number of ether oxygens (including phenoxy) is 2. The maximum Gasteiger partial charge on any atom is 0.125 e. The second kappa shape index (κ2) is 3.42. The topological polar surface area (TPSA) is 18.5 Å². The molecule has 0 saturated heterocycles. The van der Waals surface area contributed by atoms with Gasteiger partial charge in [0.1, 0.15) is 11.9 Å². The molecule has 1 aliphatic carbocycles. The molecular formula is C8H12O2. The van der Waals surface area contributed by atoms with E-state index in [1.165, 1.54) is 0 Å². The Balaban J connectivity index is 2.61. The molecule has 0 fully saturated rings. The van der Waals surface area contributed by atoms with E-state index in [-0.39, 0.29) is 6.10 Å². The number of hydrogen-bond acceptors (Lipinski definition) is 2. The van der Waals surface area contributed by atoms with Crippen LogP contribution in [0, 0.1) is 0 Å². The zero-order valence-electron chi connectivity index (χ0n) is 6.33. The van der Waals surface area contributed by atoms with Crippen LogP contribution in [0.1, 0.15) is 6.42 Å². The van der Waals surface area contributed by atoms with Crippen molar-refractivity contribution in [2.24, 2.45) is 0 Å². The van der Waals surface area contributed by atoms with E-state index < -0.39 is 0 Å². The summed E-state index contributed by atoms with van der Waals surface area (Å²) in [5, 5.41) is 0. The third kappa shape index (κ3) is 1.39. The van der Waals surface area contributed by atoms with E-state index in [4.69, 9.17) is 9.47 Å². The first-order valence-corrected chi connectivity index (χ1v) is 3.32. The summed E-state index contributed by atoms with van der Waals surface area (Å²) in [7, 11) is 3.35. The Labute approximate surface area is 61.1 Å². The monoisotopic (exact) mass is 140 g/mol. The maximum absolute atomic E-state index is 5.15. The largest absolute Gasteiger partial charge is 0.498 e. The summed E-state index contributed by atoms with van der Waals surface area (Å²) in [6, 6.07) is 0. The molecule has 0 saturated carbocycles. The molecule has 0 amide bonds. The van der Waals surface area contributed by atoms with E-state index >= 15 is 0 Å². The average Bonchev–Trinajstić information content (AvgIpc) is 2.04. The van der Waals surface area contributed by atoms with Crippen LogP contribution in [0.25, 0.3) is 0 Å². The zero-order chi connectivity index (χ0) is 7.40. The molecule has 0 aliphatic heterocycles. The number of allylic oxidation sites excluding steroid dienone is 2. The van der Waals surface area contributed by atoms with Crippen LogP contribution in [0.2, 0.25) is 0 Å². The lowest BCUT2D eigenvalue weighted by molar-refractivity contribution is 0.0795. The number of rotatable bonds is 2. The van der Waals surface area contributed by atoms with E-state index in [2.05, 4.69) is 6.08 Å². The molecule has 0 spiro atoms. The van der Waals surface area contributed by atoms with Gasteiger partial charge in [-0.15, -0.1) is 0 Å². The number of methoxy groups -OCH3 is 2. The van der Waals surface area contributed by atoms with Crippen molar-refractivity contribution in [2.75, 3.05) is 14.2 Å². The molecule has 0 radical (unpaired) electrons. The van der Waals surface area contributed by atoms with Crippen molar-refractivity contribution >= 4 is 0 Å². The molecule has 56 valence electrons. The highest BCUT2D eigenvalue weighted by Crippen LogP contribution is 2.15. The second-order valence-electron chi connectivity index (χ2n) is 2.16. The van der Waals surface area contributed by atoms with Crippen LogP contribution in [-0.2, 0) is 9.47 Å². The summed E-state index contributed by atoms with van der Waals surface area (Å²) >= 11 is 0. The van der Waals surface area contributed by atoms with Gasteiger partial charge in [-0.05, 0) is 12.5 Å². The number of hydrogen-bond donors (Lipinski definition) is 0. The zero-order valence-corrected chi connectivity index (χ0v) is 6.33. The van der Waals surface area contributed by atoms with Gasteiger partial charge < -0.3 is 9.47 Å². The van der Waals surface area contributed by atoms with E-state index in [1.54, 1.807) is 14.2 Å². The van der Waals surface area contributed by atoms with Crippen LogP contribution in [-0.4, -0.2) is 20.3 Å². The summed E-state index contributed by atoms with van der Waals surface area (Å²) < 4.78 is 10.2. The Morgan fingerprint density at radius 1 is 1.50 bits per heavy atom. The predicted octanol–water partition coefficient (Wildman–Crippen LogP) is 1.49. The highest BCUT2D eigenvalue weighted by Gasteiger charge is 2.13. The van der Waals surface area contributed by atoms with Gasteiger partial charge in [0.05, 0.1) is 7.11 Å². The van der Waals surface area contributed by atoms with Crippen LogP contribution in [0.3, 0.4) is 0 Å². The van der Waals surface area contributed by atoms with Gasteiger partial charge in [0.2, 0.25) is 0 Å². The van der Waals surface area contributed by atoms with Crippen LogP contribution in [0.5, 0.6) is 0 Å². The minimum absolute atomic E-state index is 0.120. The van der Waals surface area contributed by atoms with E-state index in [0.29, 0.717) is 0 Å². The summed E-state index contributed by atoms with van der Waals surface area (Å²) in [4.78, 5) is 0. The van der Waals surface area contributed by atoms with E-state index in [0.717, 1.165) is 12.2 Å². The lowest BCUT2D eigenvalue weighted by Crippen LogP contribution is -2.15. The van der Waals surface area contributed by atoms with Gasteiger partial charge in [0, 0.05) is 7.11 Å². The maximum atomic E-state index is 5.15. The van der Waals surface area contributed by atoms with Crippen molar-refractivity contribution in [3.8, 4) is 0 Å². The smallest absolute Gasteiger partial charge is 0.125 e. The summed E-state index contributed by atoms with van der Waals surface area (Å²) in [6.07, 6.45) is 7.01. The van der Waals surface area contributed by atoms with Crippen LogP contribution < -0.4 is 0 Å². The second-order valence-corrected chi connectivity index (χ2v) is 2.16. The Kier molecular flexibility index (Phi) is 2.51. The minimum atomic E-state index is 0.120. The summed E-state index contributed by atoms with van der Waals surface area (Å²) in [5.74, 6) is 0.907. The van der Waals surface area contributed by atoms with Crippen molar-refractivity contribution < 1.29 is 9.47 Å². The molecule has 0 bridgehead atoms. The van der Waals surface area contributed by atoms with Crippen LogP contribution in [0.15, 0.2) is 24.0 Å². The van der Waals surface area contributed by atoms with E-state index in [1.807, 2.05) is 12.2 Å². The summed E-state index contributed by atoms with van der Waals surface area (Å²) in [6.45, 7) is 0. The van der Waals surface area contributed by atoms with Crippen molar-refractivity contribution in [2.45, 2.75) is 12.5 Å². The molecule has 2 heteroatoms. The van der Waals surface area contributed by atoms with Gasteiger partial charge in [0.25, 0.3) is 0 Å². The lowest BCUT2D eigenvalue weighted by Gasteiger charge is -2.17. The molecule has 0 aromatic heterocycles. The SMILES string of the molecule is COC1=CC=CCC1OC. The van der Waals surface area contributed by atoms with Crippen molar-refractivity contribution in [1.82, 2.24) is 0 Å². The van der Waals surface area contributed by atoms with Crippen LogP contribution in [0.4, 0.5) is 0 Å². The first kappa shape index (κ1) is 7.35. The Hall–Kier alpha value is -0.760. The molecule has 0 aromatic rings. The van der Waals surface area contributed by atoms with Gasteiger partial charge in [-0.1, -0.05) is 12.2 Å². The highest BCUT2D eigenvalue weighted by atomic mass is 16.5.